The molecule has 0 aromatic rings. The molecule has 2 aliphatic rings. The summed E-state index contributed by atoms with van der Waals surface area (Å²) in [6.07, 6.45) is 5.93. The summed E-state index contributed by atoms with van der Waals surface area (Å²) in [6.45, 7) is 3.06. The molecule has 2 rings (SSSR count). The third kappa shape index (κ3) is 2.78. The first-order chi connectivity index (χ1) is 7.98. The van der Waals surface area contributed by atoms with Crippen molar-refractivity contribution in [3.8, 4) is 0 Å². The van der Waals surface area contributed by atoms with Gasteiger partial charge in [-0.05, 0) is 12.8 Å². The van der Waals surface area contributed by atoms with Crippen molar-refractivity contribution in [2.24, 2.45) is 0 Å². The van der Waals surface area contributed by atoms with Gasteiger partial charge in [0.1, 0.15) is 0 Å². The van der Waals surface area contributed by atoms with Crippen LogP contribution in [-0.2, 0) is 19.1 Å². The van der Waals surface area contributed by atoms with Crippen molar-refractivity contribution in [3.63, 3.8) is 0 Å². The first-order valence-corrected chi connectivity index (χ1v) is 5.91. The predicted molar refractivity (Wildman–Crippen MR) is 59.7 cm³/mol. The summed E-state index contributed by atoms with van der Waals surface area (Å²) in [7, 11) is 0. The van der Waals surface area contributed by atoms with Crippen LogP contribution in [0.1, 0.15) is 39.5 Å². The second-order valence-electron chi connectivity index (χ2n) is 4.88. The van der Waals surface area contributed by atoms with E-state index in [1.807, 2.05) is 0 Å². The summed E-state index contributed by atoms with van der Waals surface area (Å²) in [5, 5.41) is 3.08. The molecule has 1 aliphatic carbocycles. The Labute approximate surface area is 100 Å². The lowest BCUT2D eigenvalue weighted by Crippen LogP contribution is -2.42. The highest BCUT2D eigenvalue weighted by Crippen LogP contribution is 2.23. The van der Waals surface area contributed by atoms with Gasteiger partial charge in [-0.1, -0.05) is 12.8 Å². The molecule has 0 aromatic carbocycles. The van der Waals surface area contributed by atoms with Crippen LogP contribution in [0.25, 0.3) is 0 Å². The molecule has 1 aliphatic heterocycles. The molecule has 0 aromatic heterocycles. The number of cyclic esters (lactones) is 2. The second-order valence-corrected chi connectivity index (χ2v) is 4.88. The maximum Gasteiger partial charge on any atom is 0.350 e. The average molecular weight is 239 g/mol. The van der Waals surface area contributed by atoms with E-state index < -0.39 is 17.7 Å². The number of ether oxygens (including phenoxy) is 2. The molecule has 1 saturated carbocycles. The van der Waals surface area contributed by atoms with Crippen LogP contribution in [0.15, 0.2) is 11.8 Å². The minimum atomic E-state index is -1.17. The van der Waals surface area contributed by atoms with Crippen molar-refractivity contribution < 1.29 is 19.1 Å². The molecule has 5 heteroatoms. The van der Waals surface area contributed by atoms with Gasteiger partial charge >= 0.3 is 11.9 Å². The topological polar surface area (TPSA) is 64.6 Å². The standard InChI is InChI=1S/C12H17NO4/c1-12(2)16-10(14)9(11(15)17-12)7-13-8-5-3-4-6-8/h7-8,13H,3-6H2,1-2H3. The number of hydrogen-bond donors (Lipinski definition) is 1. The maximum atomic E-state index is 11.6. The van der Waals surface area contributed by atoms with Crippen molar-refractivity contribution in [2.75, 3.05) is 0 Å². The smallest absolute Gasteiger partial charge is 0.350 e. The second kappa shape index (κ2) is 4.39. The fourth-order valence-corrected chi connectivity index (χ4v) is 2.07. The van der Waals surface area contributed by atoms with Gasteiger partial charge in [-0.2, -0.15) is 0 Å². The van der Waals surface area contributed by atoms with E-state index in [1.54, 1.807) is 0 Å². The number of rotatable bonds is 2. The largest absolute Gasteiger partial charge is 0.419 e. The highest BCUT2D eigenvalue weighted by Gasteiger charge is 2.39. The van der Waals surface area contributed by atoms with Crippen LogP contribution < -0.4 is 5.32 Å². The highest BCUT2D eigenvalue weighted by atomic mass is 16.7. The number of esters is 2. The molecular formula is C12H17NO4. The zero-order chi connectivity index (χ0) is 12.5. The molecule has 1 heterocycles. The number of carbonyl (C=O) groups is 2. The molecule has 17 heavy (non-hydrogen) atoms. The fourth-order valence-electron chi connectivity index (χ4n) is 2.07. The van der Waals surface area contributed by atoms with Crippen molar-refractivity contribution >= 4 is 11.9 Å². The van der Waals surface area contributed by atoms with Crippen LogP contribution in [0, 0.1) is 0 Å². The Hall–Kier alpha value is -1.52. The third-order valence-corrected chi connectivity index (χ3v) is 2.94. The molecule has 0 amide bonds. The normalized spacial score (nSPS) is 24.2. The summed E-state index contributed by atoms with van der Waals surface area (Å²) in [4.78, 5) is 23.2. The van der Waals surface area contributed by atoms with E-state index in [2.05, 4.69) is 5.32 Å². The van der Waals surface area contributed by atoms with E-state index >= 15 is 0 Å². The van der Waals surface area contributed by atoms with Gasteiger partial charge in [-0.15, -0.1) is 0 Å². The average Bonchev–Trinajstić information content (AvgIpc) is 2.67. The Bertz CT molecular complexity index is 345. The SMILES string of the molecule is CC1(C)OC(=O)C(=CNC2CCCC2)C(=O)O1. The molecule has 1 N–H and O–H groups in total. The monoisotopic (exact) mass is 239 g/mol. The Morgan fingerprint density at radius 3 is 2.24 bits per heavy atom. The Morgan fingerprint density at radius 1 is 1.18 bits per heavy atom. The van der Waals surface area contributed by atoms with Gasteiger partial charge in [0.25, 0.3) is 5.79 Å². The van der Waals surface area contributed by atoms with Crippen LogP contribution in [-0.4, -0.2) is 23.8 Å². The maximum absolute atomic E-state index is 11.6. The fraction of sp³-hybridized carbons (Fsp3) is 0.667. The van der Waals surface area contributed by atoms with Gasteiger partial charge in [0.15, 0.2) is 5.57 Å². The van der Waals surface area contributed by atoms with Crippen LogP contribution >= 0.6 is 0 Å². The molecule has 0 spiro atoms. The van der Waals surface area contributed by atoms with Crippen molar-refractivity contribution in [1.29, 1.82) is 0 Å². The summed E-state index contributed by atoms with van der Waals surface area (Å²) in [5.74, 6) is -2.42. The number of nitrogens with one attached hydrogen (secondary N) is 1. The van der Waals surface area contributed by atoms with Crippen molar-refractivity contribution in [3.05, 3.63) is 11.8 Å². The van der Waals surface area contributed by atoms with Gasteiger partial charge in [-0.25, -0.2) is 9.59 Å². The summed E-state index contributed by atoms with van der Waals surface area (Å²) < 4.78 is 9.96. The van der Waals surface area contributed by atoms with Crippen molar-refractivity contribution in [1.82, 2.24) is 5.32 Å². The van der Waals surface area contributed by atoms with E-state index in [0.29, 0.717) is 6.04 Å². The molecule has 5 nitrogen and oxygen atoms in total. The Kier molecular flexibility index (Phi) is 3.09. The lowest BCUT2D eigenvalue weighted by atomic mass is 10.2. The van der Waals surface area contributed by atoms with E-state index in [1.165, 1.54) is 32.9 Å². The molecule has 0 unspecified atom stereocenters. The zero-order valence-electron chi connectivity index (χ0n) is 10.1. The molecule has 2 fully saturated rings. The van der Waals surface area contributed by atoms with Crippen LogP contribution in [0.5, 0.6) is 0 Å². The first-order valence-electron chi connectivity index (χ1n) is 5.91. The molecule has 0 radical (unpaired) electrons. The summed E-state index contributed by atoms with van der Waals surface area (Å²) >= 11 is 0. The summed E-state index contributed by atoms with van der Waals surface area (Å²) in [5.41, 5.74) is -0.0591. The summed E-state index contributed by atoms with van der Waals surface area (Å²) in [6, 6.07) is 0.345. The zero-order valence-corrected chi connectivity index (χ0v) is 10.1. The number of hydrogen-bond acceptors (Lipinski definition) is 5. The van der Waals surface area contributed by atoms with Gasteiger partial charge in [-0.3, -0.25) is 0 Å². The van der Waals surface area contributed by atoms with Crippen molar-refractivity contribution in [2.45, 2.75) is 51.4 Å². The molecule has 0 bridgehead atoms. The van der Waals surface area contributed by atoms with E-state index in [9.17, 15) is 9.59 Å². The molecule has 1 saturated heterocycles. The number of carbonyl (C=O) groups excluding carboxylic acids is 2. The van der Waals surface area contributed by atoms with E-state index in [4.69, 9.17) is 9.47 Å². The van der Waals surface area contributed by atoms with Gasteiger partial charge in [0.05, 0.1) is 0 Å². The Morgan fingerprint density at radius 2 is 1.71 bits per heavy atom. The van der Waals surface area contributed by atoms with Gasteiger partial charge < -0.3 is 14.8 Å². The third-order valence-electron chi connectivity index (χ3n) is 2.94. The predicted octanol–water partition coefficient (Wildman–Crippen LogP) is 1.24. The van der Waals surface area contributed by atoms with Crippen LogP contribution in [0.4, 0.5) is 0 Å². The first kappa shape index (κ1) is 12.0. The minimum Gasteiger partial charge on any atom is -0.419 e. The van der Waals surface area contributed by atoms with E-state index in [-0.39, 0.29) is 5.57 Å². The van der Waals surface area contributed by atoms with Crippen LogP contribution in [0.2, 0.25) is 0 Å². The lowest BCUT2D eigenvalue weighted by Gasteiger charge is -2.29. The van der Waals surface area contributed by atoms with Crippen LogP contribution in [0.3, 0.4) is 0 Å². The highest BCUT2D eigenvalue weighted by molar-refractivity contribution is 6.15. The molecule has 94 valence electrons. The lowest BCUT2D eigenvalue weighted by molar-refractivity contribution is -0.222. The Balaban J connectivity index is 2.02. The van der Waals surface area contributed by atoms with Gasteiger partial charge in [0.2, 0.25) is 0 Å². The molecule has 0 atom stereocenters. The minimum absolute atomic E-state index is 0.0591. The van der Waals surface area contributed by atoms with E-state index in [0.717, 1.165) is 12.8 Å². The quantitative estimate of drug-likeness (QED) is 0.446. The molecular weight excluding hydrogens is 222 g/mol. The van der Waals surface area contributed by atoms with Gasteiger partial charge in [0, 0.05) is 26.1 Å².